The van der Waals surface area contributed by atoms with E-state index in [1.54, 1.807) is 0 Å². The Kier molecular flexibility index (Phi) is 5.69. The first-order chi connectivity index (χ1) is 22.2. The fourth-order valence-corrected chi connectivity index (χ4v) is 6.83. The van der Waals surface area contributed by atoms with Gasteiger partial charge in [-0.25, -0.2) is 9.97 Å². The van der Waals surface area contributed by atoms with Crippen LogP contribution in [0.2, 0.25) is 0 Å². The van der Waals surface area contributed by atoms with Crippen molar-refractivity contribution in [2.45, 2.75) is 6.92 Å². The topological polar surface area (TPSA) is 35.6 Å². The number of nitrogens with zero attached hydrogens (tertiary/aromatic N) is 4. The minimum absolute atomic E-state index is 0.761. The third-order valence-corrected chi connectivity index (χ3v) is 8.82. The fourth-order valence-electron chi connectivity index (χ4n) is 6.83. The lowest BCUT2D eigenvalue weighted by atomic mass is 10.1. The van der Waals surface area contributed by atoms with Crippen molar-refractivity contribution in [3.8, 4) is 33.9 Å². The molecule has 212 valence electrons. The van der Waals surface area contributed by atoms with Crippen LogP contribution in [-0.2, 0) is 0 Å². The number of rotatable bonds is 4. The smallest absolute Gasteiger partial charge is 0.126 e. The Labute approximate surface area is 260 Å². The van der Waals surface area contributed by atoms with Crippen LogP contribution >= 0.6 is 0 Å². The van der Waals surface area contributed by atoms with Crippen LogP contribution in [0.15, 0.2) is 152 Å². The molecule has 0 saturated carbocycles. The number of aromatic nitrogens is 4. The second-order valence-corrected chi connectivity index (χ2v) is 11.5. The highest BCUT2D eigenvalue weighted by molar-refractivity contribution is 6.12. The summed E-state index contributed by atoms with van der Waals surface area (Å²) >= 11 is 0. The van der Waals surface area contributed by atoms with E-state index in [-0.39, 0.29) is 0 Å². The number of para-hydroxylation sites is 3. The number of aryl methyl sites for hydroxylation is 1. The third-order valence-electron chi connectivity index (χ3n) is 8.82. The van der Waals surface area contributed by atoms with Gasteiger partial charge in [0.1, 0.15) is 5.82 Å². The summed E-state index contributed by atoms with van der Waals surface area (Å²) in [5, 5.41) is 5.00. The largest absolute Gasteiger partial charge is 0.309 e. The van der Waals surface area contributed by atoms with Crippen molar-refractivity contribution in [3.63, 3.8) is 0 Å². The van der Waals surface area contributed by atoms with Crippen LogP contribution in [0.5, 0.6) is 0 Å². The lowest BCUT2D eigenvalue weighted by Gasteiger charge is -2.11. The maximum atomic E-state index is 4.78. The quantitative estimate of drug-likeness (QED) is 0.209. The molecule has 3 aromatic heterocycles. The molecule has 0 unspecified atom stereocenters. The van der Waals surface area contributed by atoms with Crippen LogP contribution < -0.4 is 0 Å². The van der Waals surface area contributed by atoms with Crippen LogP contribution in [0.3, 0.4) is 0 Å². The minimum atomic E-state index is 0.761. The summed E-state index contributed by atoms with van der Waals surface area (Å²) in [6.07, 6.45) is 0. The number of hydrogen-bond acceptors (Lipinski definition) is 2. The molecule has 0 bridgehead atoms. The molecule has 0 N–H and O–H groups in total. The number of hydrogen-bond donors (Lipinski definition) is 0. The molecule has 0 fully saturated rings. The van der Waals surface area contributed by atoms with Gasteiger partial charge in [0.15, 0.2) is 0 Å². The number of benzene rings is 6. The molecule has 4 heteroatoms. The summed E-state index contributed by atoms with van der Waals surface area (Å²) in [6, 6.07) is 54.0. The van der Waals surface area contributed by atoms with E-state index < -0.39 is 0 Å². The van der Waals surface area contributed by atoms with E-state index in [0.29, 0.717) is 0 Å². The average Bonchev–Trinajstić information content (AvgIpc) is 3.61. The van der Waals surface area contributed by atoms with Gasteiger partial charge >= 0.3 is 0 Å². The molecule has 0 radical (unpaired) electrons. The van der Waals surface area contributed by atoms with Crippen LogP contribution in [0.4, 0.5) is 0 Å². The maximum absolute atomic E-state index is 4.78. The minimum Gasteiger partial charge on any atom is -0.309 e. The molecule has 0 amide bonds. The summed E-state index contributed by atoms with van der Waals surface area (Å²) in [5.74, 6) is 0.761. The second kappa shape index (κ2) is 10.0. The van der Waals surface area contributed by atoms with Crippen LogP contribution in [0.1, 0.15) is 5.82 Å². The molecule has 0 saturated heterocycles. The molecule has 0 aliphatic rings. The molecule has 0 atom stereocenters. The molecule has 0 aliphatic heterocycles. The van der Waals surface area contributed by atoms with E-state index in [1.165, 1.54) is 43.6 Å². The summed E-state index contributed by atoms with van der Waals surface area (Å²) in [5.41, 5.74) is 11.1. The molecule has 0 spiro atoms. The zero-order chi connectivity index (χ0) is 29.9. The first-order valence-electron chi connectivity index (χ1n) is 15.3. The Balaban J connectivity index is 1.18. The van der Waals surface area contributed by atoms with Crippen molar-refractivity contribution in [2.24, 2.45) is 0 Å². The van der Waals surface area contributed by atoms with E-state index in [4.69, 9.17) is 9.97 Å². The summed E-state index contributed by atoms with van der Waals surface area (Å²) < 4.78 is 4.75. The lowest BCUT2D eigenvalue weighted by molar-refractivity contribution is 1.06. The predicted octanol–water partition coefficient (Wildman–Crippen LogP) is 10.3. The monoisotopic (exact) mass is 576 g/mol. The molecule has 4 nitrogen and oxygen atoms in total. The molecule has 6 aromatic carbocycles. The fraction of sp³-hybridized carbons (Fsp3) is 0.0244. The Morgan fingerprint density at radius 1 is 0.378 bits per heavy atom. The first kappa shape index (κ1) is 25.5. The molecule has 0 aliphatic carbocycles. The van der Waals surface area contributed by atoms with Gasteiger partial charge in [-0.3, -0.25) is 0 Å². The Hall–Kier alpha value is -6.00. The Morgan fingerprint density at radius 3 is 1.42 bits per heavy atom. The maximum Gasteiger partial charge on any atom is 0.126 e. The highest BCUT2D eigenvalue weighted by Gasteiger charge is 2.16. The van der Waals surface area contributed by atoms with Crippen molar-refractivity contribution in [1.29, 1.82) is 0 Å². The van der Waals surface area contributed by atoms with Gasteiger partial charge in [0.05, 0.1) is 33.5 Å². The highest BCUT2D eigenvalue weighted by atomic mass is 15.0. The van der Waals surface area contributed by atoms with E-state index in [2.05, 4.69) is 143 Å². The molecule has 3 heterocycles. The van der Waals surface area contributed by atoms with Crippen molar-refractivity contribution in [2.75, 3.05) is 0 Å². The van der Waals surface area contributed by atoms with Crippen molar-refractivity contribution < 1.29 is 0 Å². The lowest BCUT2D eigenvalue weighted by Crippen LogP contribution is -1.97. The van der Waals surface area contributed by atoms with Crippen LogP contribution in [-0.4, -0.2) is 19.1 Å². The van der Waals surface area contributed by atoms with Crippen molar-refractivity contribution >= 4 is 43.6 Å². The van der Waals surface area contributed by atoms with E-state index in [0.717, 1.165) is 39.7 Å². The van der Waals surface area contributed by atoms with Crippen LogP contribution in [0, 0.1) is 6.92 Å². The van der Waals surface area contributed by atoms with Gasteiger partial charge in [-0.1, -0.05) is 97.1 Å². The van der Waals surface area contributed by atoms with Gasteiger partial charge in [0, 0.05) is 44.0 Å². The zero-order valence-corrected chi connectivity index (χ0v) is 24.7. The normalized spacial score (nSPS) is 11.7. The van der Waals surface area contributed by atoms with E-state index in [1.807, 2.05) is 25.1 Å². The Morgan fingerprint density at radius 2 is 0.822 bits per heavy atom. The van der Waals surface area contributed by atoms with Gasteiger partial charge in [0.2, 0.25) is 0 Å². The van der Waals surface area contributed by atoms with E-state index >= 15 is 0 Å². The van der Waals surface area contributed by atoms with Gasteiger partial charge in [-0.2, -0.15) is 0 Å². The zero-order valence-electron chi connectivity index (χ0n) is 24.7. The average molecular weight is 577 g/mol. The van der Waals surface area contributed by atoms with Crippen molar-refractivity contribution in [3.05, 3.63) is 157 Å². The molecular weight excluding hydrogens is 548 g/mol. The van der Waals surface area contributed by atoms with Gasteiger partial charge in [-0.15, -0.1) is 0 Å². The molecule has 9 aromatic rings. The summed E-state index contributed by atoms with van der Waals surface area (Å²) in [6.45, 7) is 1.95. The van der Waals surface area contributed by atoms with Gasteiger partial charge in [0.25, 0.3) is 0 Å². The van der Waals surface area contributed by atoms with Gasteiger partial charge in [-0.05, 0) is 61.5 Å². The highest BCUT2D eigenvalue weighted by Crippen LogP contribution is 2.37. The third kappa shape index (κ3) is 4.07. The predicted molar refractivity (Wildman–Crippen MR) is 186 cm³/mol. The standard InChI is InChI=1S/C41H28N4/c1-27-42-36(28-11-3-2-4-12-28)26-37(43-27)29-19-21-30(22-20-29)44-40-18-10-7-15-34(40)35-25-31(23-24-41(35)44)45-38-16-8-5-13-32(38)33-14-6-9-17-39(33)45/h2-26H,1H3. The first-order valence-corrected chi connectivity index (χ1v) is 15.3. The SMILES string of the molecule is Cc1nc(-c2ccccc2)cc(-c2ccc(-n3c4ccccc4c4cc(-n5c6ccccc6c6ccccc65)ccc43)cc2)n1. The number of fused-ring (bicyclic) bond motifs is 6. The van der Waals surface area contributed by atoms with Crippen molar-refractivity contribution in [1.82, 2.24) is 19.1 Å². The Bertz CT molecular complexity index is 2480. The van der Waals surface area contributed by atoms with E-state index in [9.17, 15) is 0 Å². The second-order valence-electron chi connectivity index (χ2n) is 11.5. The van der Waals surface area contributed by atoms with Crippen LogP contribution in [0.25, 0.3) is 77.5 Å². The summed E-state index contributed by atoms with van der Waals surface area (Å²) in [4.78, 5) is 9.48. The molecular formula is C41H28N4. The van der Waals surface area contributed by atoms with Gasteiger partial charge < -0.3 is 9.13 Å². The molecule has 45 heavy (non-hydrogen) atoms. The molecule has 9 rings (SSSR count). The summed E-state index contributed by atoms with van der Waals surface area (Å²) in [7, 11) is 0.